The van der Waals surface area contributed by atoms with Crippen LogP contribution in [0.1, 0.15) is 6.92 Å². The molecule has 0 radical (unpaired) electrons. The van der Waals surface area contributed by atoms with Crippen LogP contribution < -0.4 is 15.4 Å². The molecule has 0 spiro atoms. The van der Waals surface area contributed by atoms with Crippen molar-refractivity contribution in [1.29, 1.82) is 0 Å². The highest BCUT2D eigenvalue weighted by Gasteiger charge is 2.19. The minimum atomic E-state index is -0.667. The van der Waals surface area contributed by atoms with E-state index < -0.39 is 6.10 Å². The van der Waals surface area contributed by atoms with Crippen molar-refractivity contribution in [1.82, 2.24) is 10.2 Å². The fourth-order valence-corrected chi connectivity index (χ4v) is 3.83. The zero-order valence-corrected chi connectivity index (χ0v) is 18.0. The second kappa shape index (κ2) is 9.80. The number of hydrogen-bond acceptors (Lipinski definition) is 5. The second-order valence-corrected chi connectivity index (χ2v) is 8.03. The van der Waals surface area contributed by atoms with Crippen LogP contribution in [0.4, 0.5) is 5.69 Å². The van der Waals surface area contributed by atoms with Crippen molar-refractivity contribution in [2.75, 3.05) is 38.1 Å². The fourth-order valence-electron chi connectivity index (χ4n) is 3.83. The Morgan fingerprint density at radius 2 is 1.81 bits per heavy atom. The van der Waals surface area contributed by atoms with Gasteiger partial charge in [0, 0.05) is 32.2 Å². The van der Waals surface area contributed by atoms with E-state index in [1.54, 1.807) is 0 Å². The van der Waals surface area contributed by atoms with Crippen LogP contribution in [-0.2, 0) is 9.59 Å². The van der Waals surface area contributed by atoms with Crippen LogP contribution in [0.5, 0.6) is 5.75 Å². The first-order chi connectivity index (χ1) is 15.5. The number of rotatable bonds is 7. The number of aliphatic hydroxyl groups excluding tert-OH is 1. The molecule has 3 aromatic rings. The lowest BCUT2D eigenvalue weighted by Crippen LogP contribution is -2.50. The molecule has 1 atom stereocenters. The molecular weight excluding hydrogens is 406 g/mol. The van der Waals surface area contributed by atoms with Crippen molar-refractivity contribution < 1.29 is 19.4 Å². The van der Waals surface area contributed by atoms with E-state index in [0.717, 1.165) is 34.1 Å². The molecule has 4 rings (SSSR count). The van der Waals surface area contributed by atoms with Crippen molar-refractivity contribution in [3.8, 4) is 16.9 Å². The predicted octanol–water partition coefficient (Wildman–Crippen LogP) is 2.64. The lowest BCUT2D eigenvalue weighted by atomic mass is 10.0. The minimum Gasteiger partial charge on any atom is -0.491 e. The zero-order chi connectivity index (χ0) is 22.5. The van der Waals surface area contributed by atoms with Gasteiger partial charge in [-0.15, -0.1) is 0 Å². The maximum Gasteiger partial charge on any atom is 0.234 e. The van der Waals surface area contributed by atoms with Gasteiger partial charge >= 0.3 is 0 Å². The van der Waals surface area contributed by atoms with Gasteiger partial charge in [0.1, 0.15) is 18.5 Å². The third kappa shape index (κ3) is 5.63. The number of aliphatic hydroxyl groups is 1. The zero-order valence-electron chi connectivity index (χ0n) is 18.0. The van der Waals surface area contributed by atoms with Crippen molar-refractivity contribution in [3.63, 3.8) is 0 Å². The van der Waals surface area contributed by atoms with Gasteiger partial charge in [0.05, 0.1) is 6.54 Å². The summed E-state index contributed by atoms with van der Waals surface area (Å²) in [4.78, 5) is 24.5. The number of nitrogens with zero attached hydrogens (tertiary/aromatic N) is 1. The molecule has 2 amide bonds. The quantitative estimate of drug-likeness (QED) is 0.533. The summed E-state index contributed by atoms with van der Waals surface area (Å²) in [5.74, 6) is 0.593. The number of carbonyl (C=O) groups is 2. The molecule has 0 bridgehead atoms. The van der Waals surface area contributed by atoms with E-state index >= 15 is 0 Å². The fraction of sp³-hybridized carbons (Fsp3) is 0.280. The first kappa shape index (κ1) is 21.8. The van der Waals surface area contributed by atoms with Gasteiger partial charge in [0.15, 0.2) is 0 Å². The summed E-state index contributed by atoms with van der Waals surface area (Å²) in [6.07, 6.45) is -0.667. The van der Waals surface area contributed by atoms with Gasteiger partial charge in [0.25, 0.3) is 0 Å². The third-order valence-electron chi connectivity index (χ3n) is 5.38. The number of hydrogen-bond donors (Lipinski definition) is 3. The van der Waals surface area contributed by atoms with E-state index in [0.29, 0.717) is 25.4 Å². The molecule has 0 aromatic heterocycles. The highest BCUT2D eigenvalue weighted by atomic mass is 16.5. The summed E-state index contributed by atoms with van der Waals surface area (Å²) < 4.78 is 5.79. The average molecular weight is 434 g/mol. The van der Waals surface area contributed by atoms with Crippen LogP contribution in [0, 0.1) is 0 Å². The summed E-state index contributed by atoms with van der Waals surface area (Å²) in [7, 11) is 0. The highest BCUT2D eigenvalue weighted by molar-refractivity contribution is 5.90. The lowest BCUT2D eigenvalue weighted by Gasteiger charge is -2.28. The molecule has 0 saturated carbocycles. The van der Waals surface area contributed by atoms with Gasteiger partial charge in [-0.05, 0) is 52.2 Å². The standard InChI is InChI=1S/C25H27N3O4/c1-17(29)27-22-7-4-18(5-8-22)19-2-3-21-13-24(9-6-20(21)12-19)32-16-23(30)14-28-11-10-26-25(31)15-28/h2-9,12-13,23,30H,10-11,14-16H2,1H3,(H,26,31)(H,27,29). The predicted molar refractivity (Wildman–Crippen MR) is 125 cm³/mol. The summed E-state index contributed by atoms with van der Waals surface area (Å²) in [6.45, 7) is 3.72. The second-order valence-electron chi connectivity index (χ2n) is 8.03. The van der Waals surface area contributed by atoms with Crippen LogP contribution in [0.25, 0.3) is 21.9 Å². The number of carbonyl (C=O) groups excluding carboxylic acids is 2. The molecule has 3 N–H and O–H groups in total. The molecule has 1 fully saturated rings. The number of β-amino-alcohol motifs (C(OH)–C–C–N with tert-alkyl or cyclic N) is 1. The van der Waals surface area contributed by atoms with Crippen LogP contribution in [-0.4, -0.2) is 60.7 Å². The van der Waals surface area contributed by atoms with E-state index in [4.69, 9.17) is 4.74 Å². The van der Waals surface area contributed by atoms with Gasteiger partial charge in [0.2, 0.25) is 11.8 Å². The molecule has 166 valence electrons. The van der Waals surface area contributed by atoms with Gasteiger partial charge in [-0.2, -0.15) is 0 Å². The van der Waals surface area contributed by atoms with Crippen LogP contribution in [0.2, 0.25) is 0 Å². The molecule has 0 aliphatic carbocycles. The number of nitrogens with one attached hydrogen (secondary N) is 2. The SMILES string of the molecule is CC(=O)Nc1ccc(-c2ccc3cc(OCC(O)CN4CCNC(=O)C4)ccc3c2)cc1. The molecule has 7 heteroatoms. The Bertz CT molecular complexity index is 1110. The molecule has 1 unspecified atom stereocenters. The Morgan fingerprint density at radius 3 is 2.56 bits per heavy atom. The molecule has 3 aromatic carbocycles. The maximum absolute atomic E-state index is 11.4. The van der Waals surface area contributed by atoms with Crippen molar-refractivity contribution in [2.45, 2.75) is 13.0 Å². The minimum absolute atomic E-state index is 0.0121. The smallest absolute Gasteiger partial charge is 0.234 e. The van der Waals surface area contributed by atoms with E-state index in [2.05, 4.69) is 22.8 Å². The van der Waals surface area contributed by atoms with E-state index in [-0.39, 0.29) is 18.4 Å². The molecule has 1 saturated heterocycles. The number of piperazine rings is 1. The number of fused-ring (bicyclic) bond motifs is 1. The Morgan fingerprint density at radius 1 is 1.09 bits per heavy atom. The Hall–Kier alpha value is -3.42. The van der Waals surface area contributed by atoms with Crippen LogP contribution in [0.15, 0.2) is 60.7 Å². The summed E-state index contributed by atoms with van der Waals surface area (Å²) in [5, 5.41) is 17.9. The van der Waals surface area contributed by atoms with E-state index in [9.17, 15) is 14.7 Å². The summed E-state index contributed by atoms with van der Waals surface area (Å²) >= 11 is 0. The maximum atomic E-state index is 11.4. The Balaban J connectivity index is 1.38. The van der Waals surface area contributed by atoms with Crippen molar-refractivity contribution >= 4 is 28.3 Å². The van der Waals surface area contributed by atoms with Gasteiger partial charge in [-0.25, -0.2) is 0 Å². The van der Waals surface area contributed by atoms with Gasteiger partial charge in [-0.3, -0.25) is 14.5 Å². The van der Waals surface area contributed by atoms with Gasteiger partial charge in [-0.1, -0.05) is 30.3 Å². The van der Waals surface area contributed by atoms with Crippen molar-refractivity contribution in [2.24, 2.45) is 0 Å². The van der Waals surface area contributed by atoms with Crippen LogP contribution >= 0.6 is 0 Å². The third-order valence-corrected chi connectivity index (χ3v) is 5.38. The topological polar surface area (TPSA) is 90.9 Å². The summed E-state index contributed by atoms with van der Waals surface area (Å²) in [6, 6.07) is 19.8. The number of ether oxygens (including phenoxy) is 1. The molecule has 7 nitrogen and oxygen atoms in total. The lowest BCUT2D eigenvalue weighted by molar-refractivity contribution is -0.124. The van der Waals surface area contributed by atoms with Crippen LogP contribution in [0.3, 0.4) is 0 Å². The van der Waals surface area contributed by atoms with Gasteiger partial charge < -0.3 is 20.5 Å². The van der Waals surface area contributed by atoms with Crippen molar-refractivity contribution in [3.05, 3.63) is 60.7 Å². The highest BCUT2D eigenvalue weighted by Crippen LogP contribution is 2.28. The molecular formula is C25H27N3O4. The number of amides is 2. The Kier molecular flexibility index (Phi) is 6.68. The number of anilines is 1. The monoisotopic (exact) mass is 433 g/mol. The van der Waals surface area contributed by atoms with E-state index in [1.807, 2.05) is 53.4 Å². The average Bonchev–Trinajstić information content (AvgIpc) is 2.77. The molecule has 32 heavy (non-hydrogen) atoms. The molecule has 1 heterocycles. The first-order valence-electron chi connectivity index (χ1n) is 10.7. The largest absolute Gasteiger partial charge is 0.491 e. The Labute approximate surface area is 187 Å². The van der Waals surface area contributed by atoms with E-state index in [1.165, 1.54) is 6.92 Å². The summed E-state index contributed by atoms with van der Waals surface area (Å²) in [5.41, 5.74) is 2.92. The number of benzene rings is 3. The molecule has 1 aliphatic rings. The normalized spacial score (nSPS) is 15.2. The first-order valence-corrected chi connectivity index (χ1v) is 10.7. The molecule has 1 aliphatic heterocycles.